The van der Waals surface area contributed by atoms with Crippen molar-refractivity contribution in [3.8, 4) is 0 Å². The Bertz CT molecular complexity index is 143. The van der Waals surface area contributed by atoms with Gasteiger partial charge in [-0.15, -0.1) is 0 Å². The molecular formula is C3HCl2N2. The van der Waals surface area contributed by atoms with Gasteiger partial charge in [0.15, 0.2) is 6.33 Å². The molecule has 0 unspecified atom stereocenters. The molecule has 0 aliphatic carbocycles. The molecule has 0 amide bonds. The van der Waals surface area contributed by atoms with Gasteiger partial charge in [-0.3, -0.25) is 0 Å². The minimum Gasteiger partial charge on any atom is -0.237 e. The number of halogens is 2. The quantitative estimate of drug-likeness (QED) is 0.526. The first-order valence-electron chi connectivity index (χ1n) is 1.58. The lowest BCUT2D eigenvalue weighted by atomic mass is 11.0. The van der Waals surface area contributed by atoms with Crippen molar-refractivity contribution in [2.24, 2.45) is 0 Å². The van der Waals surface area contributed by atoms with Gasteiger partial charge in [0.25, 0.3) is 0 Å². The summed E-state index contributed by atoms with van der Waals surface area (Å²) in [6.07, 6.45) is 3.82. The molecule has 4 heteroatoms. The molecule has 7 heavy (non-hydrogen) atoms. The summed E-state index contributed by atoms with van der Waals surface area (Å²) in [5.74, 6) is 0. The fourth-order valence-corrected chi connectivity index (χ4v) is 0.562. The zero-order chi connectivity index (χ0) is 5.28. The summed E-state index contributed by atoms with van der Waals surface area (Å²) >= 11 is 10.6. The third-order valence-corrected chi connectivity index (χ3v) is 0.828. The molecule has 0 saturated heterocycles. The van der Waals surface area contributed by atoms with Crippen LogP contribution in [-0.4, -0.2) is 9.07 Å². The third-order valence-electron chi connectivity index (χ3n) is 0.472. The summed E-state index contributed by atoms with van der Waals surface area (Å²) in [4.78, 5) is 3.49. The lowest BCUT2D eigenvalue weighted by molar-refractivity contribution is 1.19. The maximum absolute atomic E-state index is 5.31. The van der Waals surface area contributed by atoms with Crippen molar-refractivity contribution in [2.45, 2.75) is 0 Å². The van der Waals surface area contributed by atoms with Crippen molar-refractivity contribution < 1.29 is 0 Å². The SMILES string of the molecule is Clc1cn(Cl)[c]n1. The van der Waals surface area contributed by atoms with Crippen molar-refractivity contribution in [1.82, 2.24) is 9.07 Å². The molecule has 0 atom stereocenters. The maximum atomic E-state index is 5.31. The van der Waals surface area contributed by atoms with E-state index < -0.39 is 0 Å². The van der Waals surface area contributed by atoms with Crippen LogP contribution in [0.25, 0.3) is 0 Å². The van der Waals surface area contributed by atoms with Crippen LogP contribution in [0.2, 0.25) is 5.15 Å². The number of aromatic nitrogens is 2. The van der Waals surface area contributed by atoms with E-state index in [1.807, 2.05) is 0 Å². The van der Waals surface area contributed by atoms with E-state index in [2.05, 4.69) is 11.3 Å². The van der Waals surface area contributed by atoms with Crippen molar-refractivity contribution in [3.05, 3.63) is 17.7 Å². The Morgan fingerprint density at radius 3 is 2.71 bits per heavy atom. The average molecular weight is 136 g/mol. The van der Waals surface area contributed by atoms with Gasteiger partial charge < -0.3 is 0 Å². The van der Waals surface area contributed by atoms with Gasteiger partial charge in [0, 0.05) is 11.8 Å². The zero-order valence-electron chi connectivity index (χ0n) is 3.23. The van der Waals surface area contributed by atoms with E-state index in [4.69, 9.17) is 23.4 Å². The van der Waals surface area contributed by atoms with Crippen LogP contribution in [0, 0.1) is 6.33 Å². The molecule has 0 aliphatic heterocycles. The van der Waals surface area contributed by atoms with Gasteiger partial charge in [0.05, 0.1) is 6.20 Å². The Labute approximate surface area is 50.8 Å². The highest BCUT2D eigenvalue weighted by Crippen LogP contribution is 2.01. The lowest BCUT2D eigenvalue weighted by Crippen LogP contribution is -1.66. The Hall–Kier alpha value is -0.210. The molecule has 0 spiro atoms. The molecule has 1 aromatic rings. The minimum atomic E-state index is 0.356. The molecule has 37 valence electrons. The Kier molecular flexibility index (Phi) is 1.21. The topological polar surface area (TPSA) is 17.8 Å². The van der Waals surface area contributed by atoms with Crippen molar-refractivity contribution >= 4 is 23.4 Å². The Morgan fingerprint density at radius 1 is 1.86 bits per heavy atom. The van der Waals surface area contributed by atoms with Crippen molar-refractivity contribution in [1.29, 1.82) is 0 Å². The van der Waals surface area contributed by atoms with Crippen molar-refractivity contribution in [3.63, 3.8) is 0 Å². The van der Waals surface area contributed by atoms with Crippen LogP contribution >= 0.6 is 23.4 Å². The van der Waals surface area contributed by atoms with Crippen LogP contribution in [0.5, 0.6) is 0 Å². The molecule has 0 N–H and O–H groups in total. The minimum absolute atomic E-state index is 0.356. The molecule has 0 bridgehead atoms. The van der Waals surface area contributed by atoms with Gasteiger partial charge in [-0.2, -0.15) is 0 Å². The number of nitrogens with zero attached hydrogens (tertiary/aromatic N) is 2. The molecule has 1 heterocycles. The normalized spacial score (nSPS) is 9.43. The average Bonchev–Trinajstić information content (AvgIpc) is 1.87. The Balaban J connectivity index is 3.04. The molecule has 0 aliphatic rings. The standard InChI is InChI=1S/C3HCl2N2/c4-3-1-7(5)2-6-3/h1H. The highest BCUT2D eigenvalue weighted by molar-refractivity contribution is 6.29. The van der Waals surface area contributed by atoms with Crippen molar-refractivity contribution in [2.75, 3.05) is 0 Å². The van der Waals surface area contributed by atoms with E-state index in [9.17, 15) is 0 Å². The summed E-state index contributed by atoms with van der Waals surface area (Å²) in [6, 6.07) is 0. The van der Waals surface area contributed by atoms with Crippen LogP contribution in [-0.2, 0) is 0 Å². The number of hydrogen-bond donors (Lipinski definition) is 0. The predicted molar refractivity (Wildman–Crippen MR) is 27.3 cm³/mol. The van der Waals surface area contributed by atoms with Crippen LogP contribution in [0.1, 0.15) is 0 Å². The molecule has 1 aromatic heterocycles. The van der Waals surface area contributed by atoms with Gasteiger partial charge in [-0.1, -0.05) is 11.6 Å². The summed E-state index contributed by atoms with van der Waals surface area (Å²) in [6.45, 7) is 0. The largest absolute Gasteiger partial charge is 0.237 e. The van der Waals surface area contributed by atoms with Gasteiger partial charge >= 0.3 is 0 Å². The highest BCUT2D eigenvalue weighted by atomic mass is 35.5. The number of rotatable bonds is 0. The fourth-order valence-electron chi connectivity index (χ4n) is 0.247. The molecule has 2 nitrogen and oxygen atoms in total. The van der Waals surface area contributed by atoms with Gasteiger partial charge in [-0.25, -0.2) is 9.07 Å². The molecule has 0 fully saturated rings. The van der Waals surface area contributed by atoms with E-state index in [0.717, 1.165) is 4.09 Å². The number of hydrogen-bond acceptors (Lipinski definition) is 1. The van der Waals surface area contributed by atoms with Crippen LogP contribution in [0.4, 0.5) is 0 Å². The molecule has 0 saturated carbocycles. The first kappa shape index (κ1) is 4.94. The van der Waals surface area contributed by atoms with E-state index in [0.29, 0.717) is 5.15 Å². The predicted octanol–water partition coefficient (Wildman–Crippen LogP) is 1.34. The van der Waals surface area contributed by atoms with Gasteiger partial charge in [-0.05, 0) is 0 Å². The zero-order valence-corrected chi connectivity index (χ0v) is 4.74. The van der Waals surface area contributed by atoms with E-state index in [1.165, 1.54) is 6.20 Å². The second-order valence-electron chi connectivity index (χ2n) is 0.975. The number of imidazole rings is 1. The molecule has 1 radical (unpaired) electrons. The van der Waals surface area contributed by atoms with E-state index >= 15 is 0 Å². The molecule has 1 rings (SSSR count). The van der Waals surface area contributed by atoms with Crippen LogP contribution in [0.3, 0.4) is 0 Å². The van der Waals surface area contributed by atoms with Crippen LogP contribution in [0.15, 0.2) is 6.20 Å². The summed E-state index contributed by atoms with van der Waals surface area (Å²) in [5, 5.41) is 0.356. The van der Waals surface area contributed by atoms with Gasteiger partial charge in [0.2, 0.25) is 0 Å². The Morgan fingerprint density at radius 2 is 2.57 bits per heavy atom. The van der Waals surface area contributed by atoms with E-state index in [-0.39, 0.29) is 0 Å². The monoisotopic (exact) mass is 135 g/mol. The summed E-state index contributed by atoms with van der Waals surface area (Å²) in [7, 11) is 0. The first-order valence-corrected chi connectivity index (χ1v) is 2.29. The van der Waals surface area contributed by atoms with Gasteiger partial charge in [0.1, 0.15) is 5.15 Å². The highest BCUT2D eigenvalue weighted by Gasteiger charge is 1.88. The van der Waals surface area contributed by atoms with Crippen LogP contribution < -0.4 is 0 Å². The molecule has 0 aromatic carbocycles. The second kappa shape index (κ2) is 1.72. The van der Waals surface area contributed by atoms with E-state index in [1.54, 1.807) is 0 Å². The smallest absolute Gasteiger partial charge is 0.194 e. The summed E-state index contributed by atoms with van der Waals surface area (Å²) in [5.41, 5.74) is 0. The maximum Gasteiger partial charge on any atom is 0.194 e. The summed E-state index contributed by atoms with van der Waals surface area (Å²) < 4.78 is 1.14. The third kappa shape index (κ3) is 1.08. The lowest BCUT2D eigenvalue weighted by Gasteiger charge is -1.71. The fraction of sp³-hybridized carbons (Fsp3) is 0. The molecular weight excluding hydrogens is 135 g/mol. The first-order chi connectivity index (χ1) is 3.29. The second-order valence-corrected chi connectivity index (χ2v) is 1.73.